The van der Waals surface area contributed by atoms with Gasteiger partial charge >= 0.3 is 5.92 Å². The van der Waals surface area contributed by atoms with Crippen LogP contribution >= 0.6 is 0 Å². The molecule has 2 unspecified atom stereocenters. The van der Waals surface area contributed by atoms with Gasteiger partial charge in [-0.2, -0.15) is 13.9 Å². The lowest BCUT2D eigenvalue weighted by atomic mass is 9.78. The van der Waals surface area contributed by atoms with Crippen LogP contribution in [0.1, 0.15) is 31.7 Å². The normalized spacial score (nSPS) is 21.7. The Kier molecular flexibility index (Phi) is 5.55. The Morgan fingerprint density at radius 2 is 1.71 bits per heavy atom. The van der Waals surface area contributed by atoms with Crippen molar-refractivity contribution < 1.29 is 22.8 Å². The highest BCUT2D eigenvalue weighted by Crippen LogP contribution is 2.56. The van der Waals surface area contributed by atoms with Gasteiger partial charge in [0.15, 0.2) is 0 Å². The van der Waals surface area contributed by atoms with Crippen LogP contribution < -0.4 is 10.2 Å². The standard InChI is InChI=1S/C29H25F3N4O2/c1-28(31,32)27(38)34-25-16-26(37)35(29(25,20-7-8-20)19-5-3-2-4-6-19)23-13-14-24-18(15-23)17-33-36(24)22-11-9-21(30)10-12-22/h2-6,9-15,17,20,25H,7-8,16H2,1H3,(H,34,38). The quantitative estimate of drug-likeness (QED) is 0.374. The number of carbonyl (C=O) groups is 2. The van der Waals surface area contributed by atoms with Crippen molar-refractivity contribution in [1.82, 2.24) is 15.1 Å². The maximum atomic E-state index is 14.0. The summed E-state index contributed by atoms with van der Waals surface area (Å²) in [6.45, 7) is 0.560. The second-order valence-corrected chi connectivity index (χ2v) is 10.1. The van der Waals surface area contributed by atoms with Crippen LogP contribution in [0.4, 0.5) is 18.9 Å². The molecule has 0 spiro atoms. The molecule has 1 saturated carbocycles. The first-order valence-electron chi connectivity index (χ1n) is 12.5. The maximum absolute atomic E-state index is 14.0. The lowest BCUT2D eigenvalue weighted by molar-refractivity contribution is -0.144. The number of fused-ring (bicyclic) bond motifs is 1. The number of carbonyl (C=O) groups excluding carboxylic acids is 2. The first kappa shape index (κ1) is 24.2. The monoisotopic (exact) mass is 518 g/mol. The lowest BCUT2D eigenvalue weighted by Gasteiger charge is -2.43. The molecule has 2 heterocycles. The fraction of sp³-hybridized carbons (Fsp3) is 0.276. The van der Waals surface area contributed by atoms with E-state index >= 15 is 0 Å². The van der Waals surface area contributed by atoms with Crippen LogP contribution in [0.3, 0.4) is 0 Å². The zero-order valence-electron chi connectivity index (χ0n) is 20.6. The SMILES string of the molecule is CC(F)(F)C(=O)NC1CC(=O)N(c2ccc3c(cnn3-c3ccc(F)cc3)c2)C1(c1ccccc1)C1CC1. The maximum Gasteiger partial charge on any atom is 0.321 e. The molecule has 1 aliphatic heterocycles. The zero-order chi connectivity index (χ0) is 26.7. The minimum Gasteiger partial charge on any atom is -0.345 e. The van der Waals surface area contributed by atoms with Crippen molar-refractivity contribution in [2.24, 2.45) is 5.92 Å². The van der Waals surface area contributed by atoms with Crippen LogP contribution in [0.2, 0.25) is 0 Å². The van der Waals surface area contributed by atoms with Gasteiger partial charge in [-0.05, 0) is 66.8 Å². The molecule has 38 heavy (non-hydrogen) atoms. The molecule has 194 valence electrons. The Bertz CT molecular complexity index is 1530. The van der Waals surface area contributed by atoms with Gasteiger partial charge in [0.05, 0.1) is 35.4 Å². The van der Waals surface area contributed by atoms with Gasteiger partial charge < -0.3 is 5.32 Å². The van der Waals surface area contributed by atoms with Gasteiger partial charge in [-0.25, -0.2) is 9.07 Å². The predicted octanol–water partition coefficient (Wildman–Crippen LogP) is 5.35. The highest BCUT2D eigenvalue weighted by Gasteiger charge is 2.62. The zero-order valence-corrected chi connectivity index (χ0v) is 20.6. The molecule has 4 aromatic rings. The van der Waals surface area contributed by atoms with Gasteiger partial charge in [0, 0.05) is 18.0 Å². The Hall–Kier alpha value is -4.14. The number of alkyl halides is 2. The van der Waals surface area contributed by atoms with E-state index in [9.17, 15) is 22.8 Å². The van der Waals surface area contributed by atoms with Gasteiger partial charge in [0.1, 0.15) is 5.82 Å². The molecule has 3 aromatic carbocycles. The summed E-state index contributed by atoms with van der Waals surface area (Å²) in [6.07, 6.45) is 3.18. The molecular weight excluding hydrogens is 493 g/mol. The summed E-state index contributed by atoms with van der Waals surface area (Å²) >= 11 is 0. The van der Waals surface area contributed by atoms with Gasteiger partial charge in [0.25, 0.3) is 5.91 Å². The van der Waals surface area contributed by atoms with Crippen molar-refractivity contribution in [2.75, 3.05) is 4.90 Å². The summed E-state index contributed by atoms with van der Waals surface area (Å²) in [5.41, 5.74) is 1.82. The molecule has 1 N–H and O–H groups in total. The van der Waals surface area contributed by atoms with Gasteiger partial charge in [-0.3, -0.25) is 14.5 Å². The van der Waals surface area contributed by atoms with Gasteiger partial charge in [-0.1, -0.05) is 30.3 Å². The average molecular weight is 519 g/mol. The number of halogens is 3. The fourth-order valence-corrected chi connectivity index (χ4v) is 5.80. The number of hydrogen-bond donors (Lipinski definition) is 1. The molecule has 0 radical (unpaired) electrons. The van der Waals surface area contributed by atoms with Crippen LogP contribution in [0.25, 0.3) is 16.6 Å². The first-order chi connectivity index (χ1) is 18.2. The molecule has 6 rings (SSSR count). The Morgan fingerprint density at radius 3 is 2.37 bits per heavy atom. The molecule has 1 aromatic heterocycles. The molecular formula is C29H25F3N4O2. The first-order valence-corrected chi connectivity index (χ1v) is 12.5. The van der Waals surface area contributed by atoms with E-state index in [0.29, 0.717) is 18.3 Å². The third-order valence-electron chi connectivity index (χ3n) is 7.55. The fourth-order valence-electron chi connectivity index (χ4n) is 5.80. The number of amides is 2. The summed E-state index contributed by atoms with van der Waals surface area (Å²) in [6, 6.07) is 20.0. The average Bonchev–Trinajstić information content (AvgIpc) is 3.59. The molecule has 0 bridgehead atoms. The Balaban J connectivity index is 1.47. The van der Waals surface area contributed by atoms with Crippen LogP contribution in [-0.4, -0.2) is 33.6 Å². The van der Waals surface area contributed by atoms with E-state index in [1.165, 1.54) is 12.1 Å². The van der Waals surface area contributed by atoms with Crippen LogP contribution in [0.5, 0.6) is 0 Å². The number of anilines is 1. The second kappa shape index (κ2) is 8.72. The topological polar surface area (TPSA) is 67.2 Å². The lowest BCUT2D eigenvalue weighted by Crippen LogP contribution is -2.58. The number of aromatic nitrogens is 2. The molecule has 9 heteroatoms. The minimum absolute atomic E-state index is 0.00948. The summed E-state index contributed by atoms with van der Waals surface area (Å²) in [5.74, 6) is -5.58. The number of rotatable bonds is 6. The summed E-state index contributed by atoms with van der Waals surface area (Å²) < 4.78 is 43.0. The van der Waals surface area contributed by atoms with Crippen molar-refractivity contribution in [1.29, 1.82) is 0 Å². The van der Waals surface area contributed by atoms with Crippen LogP contribution in [-0.2, 0) is 15.1 Å². The van der Waals surface area contributed by atoms with E-state index in [1.807, 2.05) is 42.5 Å². The predicted molar refractivity (Wildman–Crippen MR) is 137 cm³/mol. The van der Waals surface area contributed by atoms with Crippen molar-refractivity contribution >= 4 is 28.4 Å². The van der Waals surface area contributed by atoms with Gasteiger partial charge in [0.2, 0.25) is 5.91 Å². The molecule has 2 aliphatic rings. The largest absolute Gasteiger partial charge is 0.345 e. The minimum atomic E-state index is -3.57. The second-order valence-electron chi connectivity index (χ2n) is 10.1. The summed E-state index contributed by atoms with van der Waals surface area (Å²) in [5, 5.41) is 7.74. The van der Waals surface area contributed by atoms with Crippen LogP contribution in [0, 0.1) is 11.7 Å². The smallest absolute Gasteiger partial charge is 0.321 e. The van der Waals surface area contributed by atoms with Crippen LogP contribution in [0.15, 0.2) is 79.0 Å². The van der Waals surface area contributed by atoms with Gasteiger partial charge in [-0.15, -0.1) is 0 Å². The van der Waals surface area contributed by atoms with Crippen molar-refractivity contribution in [3.05, 3.63) is 90.4 Å². The van der Waals surface area contributed by atoms with E-state index in [1.54, 1.807) is 34.0 Å². The van der Waals surface area contributed by atoms with E-state index < -0.39 is 23.4 Å². The summed E-state index contributed by atoms with van der Waals surface area (Å²) in [4.78, 5) is 27.8. The van der Waals surface area contributed by atoms with Crippen molar-refractivity contribution in [3.63, 3.8) is 0 Å². The highest BCUT2D eigenvalue weighted by atomic mass is 19.3. The number of hydrogen-bond acceptors (Lipinski definition) is 3. The van der Waals surface area contributed by atoms with E-state index in [2.05, 4.69) is 10.4 Å². The van der Waals surface area contributed by atoms with E-state index in [0.717, 1.165) is 29.3 Å². The number of nitrogens with one attached hydrogen (secondary N) is 1. The molecule has 2 amide bonds. The molecule has 2 atom stereocenters. The third-order valence-corrected chi connectivity index (χ3v) is 7.55. The summed E-state index contributed by atoms with van der Waals surface area (Å²) in [7, 11) is 0. The van der Waals surface area contributed by atoms with Crippen molar-refractivity contribution in [3.8, 4) is 5.69 Å². The Morgan fingerprint density at radius 1 is 1.03 bits per heavy atom. The molecule has 6 nitrogen and oxygen atoms in total. The van der Waals surface area contributed by atoms with E-state index in [-0.39, 0.29) is 24.1 Å². The van der Waals surface area contributed by atoms with E-state index in [4.69, 9.17) is 0 Å². The molecule has 2 fully saturated rings. The third kappa shape index (κ3) is 3.84. The number of nitrogens with zero attached hydrogens (tertiary/aromatic N) is 3. The Labute approximate surface area is 217 Å². The number of benzene rings is 3. The molecule has 1 aliphatic carbocycles. The van der Waals surface area contributed by atoms with Crippen molar-refractivity contribution in [2.45, 2.75) is 43.7 Å². The highest BCUT2D eigenvalue weighted by molar-refractivity contribution is 6.01. The molecule has 1 saturated heterocycles.